The Morgan fingerprint density at radius 2 is 2.33 bits per heavy atom. The normalized spacial score (nSPS) is 17.0. The monoisotopic (exact) mass is 158 g/mol. The maximum atomic E-state index is 4.42. The van der Waals surface area contributed by atoms with E-state index in [-0.39, 0.29) is 0 Å². The lowest BCUT2D eigenvalue weighted by Gasteiger charge is -1.96. The molecule has 1 fully saturated rings. The van der Waals surface area contributed by atoms with E-state index in [0.29, 0.717) is 5.92 Å². The molecule has 2 aromatic heterocycles. The first kappa shape index (κ1) is 6.17. The Labute approximate surface area is 70.0 Å². The second-order valence-electron chi connectivity index (χ2n) is 3.21. The van der Waals surface area contributed by atoms with Crippen LogP contribution in [0.5, 0.6) is 0 Å². The van der Waals surface area contributed by atoms with Crippen LogP contribution < -0.4 is 0 Å². The van der Waals surface area contributed by atoms with E-state index >= 15 is 0 Å². The number of nitrogens with zero attached hydrogens (tertiary/aromatic N) is 3. The Balaban J connectivity index is 2.21. The Bertz CT molecular complexity index is 414. The summed E-state index contributed by atoms with van der Waals surface area (Å²) in [4.78, 5) is 4.02. The summed E-state index contributed by atoms with van der Waals surface area (Å²) < 4.78 is 1.79. The van der Waals surface area contributed by atoms with E-state index in [1.807, 2.05) is 6.07 Å². The van der Waals surface area contributed by atoms with Crippen molar-refractivity contribution >= 4 is 5.65 Å². The first-order chi connectivity index (χ1) is 5.93. The number of imidazole rings is 1. The zero-order chi connectivity index (χ0) is 7.97. The van der Waals surface area contributed by atoms with Crippen LogP contribution in [0.1, 0.15) is 24.5 Å². The van der Waals surface area contributed by atoms with Crippen molar-refractivity contribution in [3.05, 3.63) is 30.2 Å². The molecule has 0 unspecified atom stereocenters. The van der Waals surface area contributed by atoms with Crippen molar-refractivity contribution in [1.82, 2.24) is 14.6 Å². The van der Waals surface area contributed by atoms with Crippen molar-refractivity contribution in [2.45, 2.75) is 18.8 Å². The maximum Gasteiger partial charge on any atom is 0.154 e. The Morgan fingerprint density at radius 3 is 3.17 bits per heavy atom. The fraction of sp³-hybridized carbons (Fsp3) is 0.333. The van der Waals surface area contributed by atoms with Gasteiger partial charge in [-0.1, -0.05) is 0 Å². The Morgan fingerprint density at radius 1 is 1.42 bits per heavy atom. The summed E-state index contributed by atoms with van der Waals surface area (Å²) in [6, 6.07) is 4.06. The minimum absolute atomic E-state index is 0.705. The first-order valence-electron chi connectivity index (χ1n) is 4.16. The predicted molar refractivity (Wildman–Crippen MR) is 43.8 cm³/mol. The van der Waals surface area contributed by atoms with Crippen LogP contribution in [-0.2, 0) is 0 Å². The zero-order valence-electron chi connectivity index (χ0n) is 6.57. The van der Waals surface area contributed by atoms with Crippen molar-refractivity contribution in [2.24, 2.45) is 0 Å². The molecule has 12 heavy (non-hydrogen) atoms. The van der Waals surface area contributed by atoms with E-state index in [1.165, 1.54) is 18.5 Å². The van der Waals surface area contributed by atoms with Crippen molar-refractivity contribution in [3.63, 3.8) is 0 Å². The highest BCUT2D eigenvalue weighted by Crippen LogP contribution is 2.38. The molecule has 3 heteroatoms. The molecule has 1 aliphatic rings. The lowest BCUT2D eigenvalue weighted by Crippen LogP contribution is -1.94. The second kappa shape index (κ2) is 2.06. The van der Waals surface area contributed by atoms with Gasteiger partial charge in [0, 0.05) is 5.92 Å². The van der Waals surface area contributed by atoms with Gasteiger partial charge in [-0.15, -0.1) is 0 Å². The van der Waals surface area contributed by atoms with Gasteiger partial charge in [-0.05, 0) is 25.0 Å². The highest BCUT2D eigenvalue weighted by Gasteiger charge is 2.25. The Kier molecular flexibility index (Phi) is 1.06. The van der Waals surface area contributed by atoms with Crippen LogP contribution in [0.4, 0.5) is 0 Å². The molecule has 0 atom stereocenters. The Hall–Kier alpha value is -1.38. The molecule has 0 spiro atoms. The van der Waals surface area contributed by atoms with E-state index < -0.39 is 0 Å². The lowest BCUT2D eigenvalue weighted by molar-refractivity contribution is 0.855. The van der Waals surface area contributed by atoms with Crippen LogP contribution >= 0.6 is 0 Å². The standard InChI is InChI=1S/C9H8N3/c1-2-7(1)8-3-4-9-10-5-6-12(9)11-8/h3-4,6-7H,1-2H2. The fourth-order valence-electron chi connectivity index (χ4n) is 1.38. The van der Waals surface area contributed by atoms with Gasteiger partial charge in [0.2, 0.25) is 0 Å². The number of hydrogen-bond acceptors (Lipinski definition) is 2. The van der Waals surface area contributed by atoms with Crippen LogP contribution in [0.15, 0.2) is 18.3 Å². The van der Waals surface area contributed by atoms with Gasteiger partial charge in [-0.2, -0.15) is 5.10 Å². The molecular formula is C9H8N3. The van der Waals surface area contributed by atoms with Gasteiger partial charge < -0.3 is 0 Å². The molecular weight excluding hydrogens is 150 g/mol. The van der Waals surface area contributed by atoms with Gasteiger partial charge in [0.1, 0.15) is 6.20 Å². The van der Waals surface area contributed by atoms with Gasteiger partial charge in [0.15, 0.2) is 5.65 Å². The average molecular weight is 158 g/mol. The van der Waals surface area contributed by atoms with Crippen molar-refractivity contribution in [1.29, 1.82) is 0 Å². The van der Waals surface area contributed by atoms with Crippen LogP contribution in [-0.4, -0.2) is 14.6 Å². The zero-order valence-corrected chi connectivity index (χ0v) is 6.57. The molecule has 0 bridgehead atoms. The molecule has 0 aliphatic heterocycles. The molecule has 0 aromatic carbocycles. The molecule has 2 aromatic rings. The van der Waals surface area contributed by atoms with E-state index in [2.05, 4.69) is 22.3 Å². The van der Waals surface area contributed by atoms with Crippen LogP contribution in [0.3, 0.4) is 0 Å². The summed E-state index contributed by atoms with van der Waals surface area (Å²) in [5, 5.41) is 4.42. The molecule has 0 saturated heterocycles. The van der Waals surface area contributed by atoms with Crippen molar-refractivity contribution < 1.29 is 0 Å². The molecule has 1 radical (unpaired) electrons. The quantitative estimate of drug-likeness (QED) is 0.628. The van der Waals surface area contributed by atoms with Crippen LogP contribution in [0.2, 0.25) is 0 Å². The van der Waals surface area contributed by atoms with Crippen molar-refractivity contribution in [2.75, 3.05) is 0 Å². The average Bonchev–Trinajstić information content (AvgIpc) is 2.84. The van der Waals surface area contributed by atoms with Crippen LogP contribution in [0, 0.1) is 6.20 Å². The van der Waals surface area contributed by atoms with E-state index in [0.717, 1.165) is 5.65 Å². The number of fused-ring (bicyclic) bond motifs is 1. The third-order valence-electron chi connectivity index (χ3n) is 2.22. The van der Waals surface area contributed by atoms with E-state index in [1.54, 1.807) is 10.7 Å². The van der Waals surface area contributed by atoms with Crippen LogP contribution in [0.25, 0.3) is 5.65 Å². The molecule has 0 N–H and O–H groups in total. The molecule has 3 nitrogen and oxygen atoms in total. The third-order valence-corrected chi connectivity index (χ3v) is 2.22. The SMILES string of the molecule is [c]1cn2nc(C3CC3)ccc2n1. The largest absolute Gasteiger partial charge is 0.225 e. The van der Waals surface area contributed by atoms with Crippen molar-refractivity contribution in [3.8, 4) is 0 Å². The summed E-state index contributed by atoms with van der Waals surface area (Å²) in [5.41, 5.74) is 2.06. The van der Waals surface area contributed by atoms with Gasteiger partial charge in [0.05, 0.1) is 11.9 Å². The third kappa shape index (κ3) is 0.826. The lowest BCUT2D eigenvalue weighted by atomic mass is 10.3. The predicted octanol–water partition coefficient (Wildman–Crippen LogP) is 1.41. The molecule has 2 heterocycles. The molecule has 0 amide bonds. The van der Waals surface area contributed by atoms with Gasteiger partial charge in [0.25, 0.3) is 0 Å². The minimum Gasteiger partial charge on any atom is -0.225 e. The second-order valence-corrected chi connectivity index (χ2v) is 3.21. The molecule has 3 rings (SSSR count). The topological polar surface area (TPSA) is 30.2 Å². The van der Waals surface area contributed by atoms with Gasteiger partial charge in [-0.25, -0.2) is 9.50 Å². The van der Waals surface area contributed by atoms with Gasteiger partial charge in [-0.3, -0.25) is 0 Å². The molecule has 1 saturated carbocycles. The van der Waals surface area contributed by atoms with E-state index in [9.17, 15) is 0 Å². The van der Waals surface area contributed by atoms with E-state index in [4.69, 9.17) is 0 Å². The number of hydrogen-bond donors (Lipinski definition) is 0. The highest BCUT2D eigenvalue weighted by molar-refractivity contribution is 5.36. The summed E-state index contributed by atoms with van der Waals surface area (Å²) in [6.45, 7) is 0. The highest BCUT2D eigenvalue weighted by atomic mass is 15.2. The van der Waals surface area contributed by atoms with Gasteiger partial charge >= 0.3 is 0 Å². The number of aromatic nitrogens is 3. The summed E-state index contributed by atoms with van der Waals surface area (Å²) in [6.07, 6.45) is 7.12. The summed E-state index contributed by atoms with van der Waals surface area (Å²) in [5.74, 6) is 0.705. The summed E-state index contributed by atoms with van der Waals surface area (Å²) in [7, 11) is 0. The smallest absolute Gasteiger partial charge is 0.154 e. The molecule has 1 aliphatic carbocycles. The molecule has 59 valence electrons. The fourth-order valence-corrected chi connectivity index (χ4v) is 1.38. The summed E-state index contributed by atoms with van der Waals surface area (Å²) >= 11 is 0. The number of rotatable bonds is 1. The minimum atomic E-state index is 0.705. The maximum absolute atomic E-state index is 4.42. The first-order valence-corrected chi connectivity index (χ1v) is 4.16.